The smallest absolute Gasteiger partial charge is 1.00 e. The molecule has 2 rings (SSSR count). The number of carbonyl (C=O) groups excluding carboxylic acids is 2. The Balaban J connectivity index is -0.000000287. The van der Waals surface area contributed by atoms with Gasteiger partial charge in [0.15, 0.2) is 0 Å². The van der Waals surface area contributed by atoms with E-state index in [1.54, 1.807) is 0 Å². The van der Waals surface area contributed by atoms with Crippen LogP contribution in [-0.2, 0) is 101 Å². The van der Waals surface area contributed by atoms with Gasteiger partial charge < -0.3 is 73.7 Å². The average molecular weight is 2090 g/mol. The first-order valence-electron chi connectivity index (χ1n) is 32.1. The first-order chi connectivity index (χ1) is 48.7. The number of hydrogen-bond acceptors (Lipinski definition) is 31. The number of alkyl halides is 3. The zero-order valence-corrected chi connectivity index (χ0v) is 75.8. The second-order valence-electron chi connectivity index (χ2n) is 21.1. The second kappa shape index (κ2) is 73.0. The van der Waals surface area contributed by atoms with Crippen LogP contribution in [0.15, 0.2) is 36.4 Å². The third-order valence-corrected chi connectivity index (χ3v) is 16.0. The molecule has 49 heteroatoms. The summed E-state index contributed by atoms with van der Waals surface area (Å²) in [5, 5.41) is 54.4. The Morgan fingerprint density at radius 3 is 0.830 bits per heavy atom. The van der Waals surface area contributed by atoms with E-state index < -0.39 is 70.1 Å². The molecule has 0 heterocycles. The number of ether oxygens (including phenoxy) is 6. The van der Waals surface area contributed by atoms with Crippen LogP contribution in [0.2, 0.25) is 0 Å². The molecule has 0 unspecified atom stereocenters. The molecule has 2 aromatic carbocycles. The Labute approximate surface area is 704 Å². The van der Waals surface area contributed by atoms with E-state index in [4.69, 9.17) is 28.4 Å². The van der Waals surface area contributed by atoms with Crippen LogP contribution in [-0.4, -0.2) is 257 Å². The predicted octanol–water partition coefficient (Wildman–Crippen LogP) is 0.168. The van der Waals surface area contributed by atoms with E-state index in [9.17, 15) is 92.1 Å². The maximum absolute atomic E-state index is 11.0. The normalized spacial score (nSPS) is 11.0. The van der Waals surface area contributed by atoms with E-state index in [2.05, 4.69) is 111 Å². The Hall–Kier alpha value is -2.19. The molecule has 0 aromatic heterocycles. The monoisotopic (exact) mass is 2080 g/mol. The number of rotatable bonds is 56. The molecule has 2 aromatic rings. The van der Waals surface area contributed by atoms with Gasteiger partial charge in [-0.25, -0.2) is 26.3 Å². The molecule has 0 saturated carbocycles. The molecule has 2 amide bonds. The number of nitrogens with one attached hydrogen (secondary N) is 6. The Bertz CT molecular complexity index is 3230. The first-order valence-corrected chi connectivity index (χ1v) is 45.9. The number of halogens is 4. The minimum absolute atomic E-state index is 0. The van der Waals surface area contributed by atoms with Gasteiger partial charge in [0.05, 0.1) is 123 Å². The van der Waals surface area contributed by atoms with E-state index in [1.807, 2.05) is 0 Å². The van der Waals surface area contributed by atoms with Crippen molar-refractivity contribution in [1.82, 2.24) is 20.1 Å². The molecule has 0 aliphatic heterocycles. The van der Waals surface area contributed by atoms with Gasteiger partial charge in [0.1, 0.15) is 11.4 Å². The van der Waals surface area contributed by atoms with Gasteiger partial charge in [0.2, 0.25) is 31.9 Å². The van der Waals surface area contributed by atoms with E-state index in [0.29, 0.717) is 97.1 Å². The van der Waals surface area contributed by atoms with E-state index in [-0.39, 0.29) is 133 Å². The third-order valence-electron chi connectivity index (χ3n) is 11.4. The molecule has 0 aliphatic carbocycles. The summed E-state index contributed by atoms with van der Waals surface area (Å²) >= 11 is 6.76. The van der Waals surface area contributed by atoms with Gasteiger partial charge in [-0.2, -0.15) is 25.3 Å². The van der Waals surface area contributed by atoms with Crippen molar-refractivity contribution in [3.8, 4) is 0 Å². The molecule has 39 nitrogen and oxygen atoms in total. The molecule has 0 bridgehead atoms. The molecule has 0 radical (unpaired) electrons. The Morgan fingerprint density at radius 1 is 0.368 bits per heavy atom. The number of nitrogens with zero attached hydrogens (tertiary/aromatic N) is 4. The van der Waals surface area contributed by atoms with Crippen LogP contribution >= 0.6 is 67.8 Å². The fraction of sp³-hybridized carbons (Fsp3) is 0.754. The minimum Gasteiger partial charge on any atom is -1.00 e. The van der Waals surface area contributed by atoms with Crippen LogP contribution in [0.25, 0.3) is 0 Å². The summed E-state index contributed by atoms with van der Waals surface area (Å²) in [7, 11) is -16.4. The summed E-state index contributed by atoms with van der Waals surface area (Å²) in [6.45, 7) is 12.7. The van der Waals surface area contributed by atoms with Gasteiger partial charge in [-0.05, 0) is 89.2 Å². The number of non-ortho nitro benzene ring substituents is 2. The van der Waals surface area contributed by atoms with Crippen molar-refractivity contribution in [3.63, 3.8) is 0 Å². The van der Waals surface area contributed by atoms with Gasteiger partial charge >= 0.3 is 29.6 Å². The fourth-order valence-electron chi connectivity index (χ4n) is 6.84. The van der Waals surface area contributed by atoms with Gasteiger partial charge in [-0.3, -0.25) is 62.6 Å². The molecule has 0 spiro atoms. The summed E-state index contributed by atoms with van der Waals surface area (Å²) in [6.07, 6.45) is 14.9. The van der Waals surface area contributed by atoms with Gasteiger partial charge in [-0.1, -0.05) is 67.8 Å². The average Bonchev–Trinajstić information content (AvgIpc) is 0.848. The summed E-state index contributed by atoms with van der Waals surface area (Å²) in [4.78, 5) is 61.5. The first kappa shape index (κ1) is 115. The molecule has 0 aliphatic rings. The van der Waals surface area contributed by atoms with Crippen LogP contribution in [0.3, 0.4) is 0 Å². The summed E-state index contributed by atoms with van der Waals surface area (Å²) in [5.74, 6) is 0.00523. The quantitative estimate of drug-likeness (QED) is 0.00977. The van der Waals surface area contributed by atoms with Crippen molar-refractivity contribution < 1.29 is 166 Å². The minimum atomic E-state index is -3.46. The molecule has 616 valence electrons. The van der Waals surface area contributed by atoms with Crippen LogP contribution in [0.1, 0.15) is 90.9 Å². The van der Waals surface area contributed by atoms with Gasteiger partial charge in [0, 0.05) is 118 Å². The van der Waals surface area contributed by atoms with Crippen LogP contribution in [0.4, 0.5) is 34.1 Å². The topological polar surface area (TPSA) is 533 Å². The number of unbranched alkanes of at least 4 members (excludes halogenated alkanes) is 6. The zero-order valence-electron chi connectivity index (χ0n) is 61.1. The van der Waals surface area contributed by atoms with Crippen molar-refractivity contribution in [2.75, 3.05) is 194 Å². The number of carbonyl (C=O) groups is 2. The van der Waals surface area contributed by atoms with Crippen LogP contribution in [0, 0.1) is 40.5 Å². The number of amides is 2. The summed E-state index contributed by atoms with van der Waals surface area (Å²) in [5.41, 5.74) is -0.785. The molecule has 0 fully saturated rings. The predicted molar refractivity (Wildman–Crippen MR) is 419 cm³/mol. The number of benzene rings is 2. The Morgan fingerprint density at radius 2 is 0.613 bits per heavy atom. The maximum Gasteiger partial charge on any atom is 1.00 e. The van der Waals surface area contributed by atoms with Crippen molar-refractivity contribution in [1.29, 1.82) is 0 Å². The number of hydrogen-bond donors (Lipinski definition) is 6. The third kappa shape index (κ3) is 89.0. The van der Waals surface area contributed by atoms with Crippen molar-refractivity contribution in [2.45, 2.75) is 90.9 Å². The van der Waals surface area contributed by atoms with E-state index in [1.165, 1.54) is 44.4 Å². The fourth-order valence-corrected chi connectivity index (χ4v) is 9.92. The van der Waals surface area contributed by atoms with Gasteiger partial charge in [-0.15, -0.1) is 0 Å². The number of anilines is 2. The summed E-state index contributed by atoms with van der Waals surface area (Å²) in [6, 6.07) is 6.98. The molecule has 106 heavy (non-hydrogen) atoms. The molecular weight excluding hydrogens is 1980 g/mol. The van der Waals surface area contributed by atoms with E-state index in [0.717, 1.165) is 135 Å². The van der Waals surface area contributed by atoms with Crippen molar-refractivity contribution >= 4 is 164 Å². The largest absolute Gasteiger partial charge is 1.00 e. The molecular formula is C57H105I4N10NaO29S5. The SMILES string of the molecule is CC(=O)NCCCCOCCI.CC(=O)NCCCCOCCOS(C)(=O)=O.CS(=O)(=O)NCCCCOCCI.CS(=O)(=O)NCCCCOCCOS(C)(=O)=O.CS(=O)(=O)OCCOCCCCNc1ccc([N+](=O)[O-])cc1[N+](=O)[O-].O=[N+]([O-])c1ccc(NCCCCOCCI)c([N+](=O)[O-])c1.[I-].[Na+]. The van der Waals surface area contributed by atoms with Crippen molar-refractivity contribution in [2.24, 2.45) is 0 Å². The van der Waals surface area contributed by atoms with Crippen LogP contribution < -0.4 is 84.2 Å². The second-order valence-corrected chi connectivity index (χ2v) is 33.0. The maximum atomic E-state index is 11.0. The number of sulfonamides is 2. The van der Waals surface area contributed by atoms with Crippen LogP contribution in [0.5, 0.6) is 0 Å². The standard InChI is InChI=1S/C13H19N3O8S.C12H16IN3O5.C9H19NO5S.C8H16INO2.C8H19NO6S2.C7H16INO3S.HI.Na/c1-25(21,22)24-9-8-23-7-3-2-6-14-12-5-4-11(15(17)18)10-13(12)16(19)20;13-5-8-21-7-2-1-6-14-11-4-3-10(15(17)18)9-12(11)16(19)20;1-9(11)10-5-3-4-6-14-7-8-15-16(2,12)13;1-8(11)10-5-2-3-6-12-7-4-9;1-16(10,11)9-5-3-4-6-14-7-8-15-17(2,12)13;1-13(10,11)9-5-2-3-6-12-7-4-8;;/h4-5,10,14H,2-3,6-9H2,1H3;3-4,9,14H,1-2,5-8H2;3-8H2,1-2H3,(H,10,11);2-7H2,1H3,(H,10,11);9H,3-8H2,1-2H3;9H,2-7H2,1H3;1H;/q;;;;;;;+1/p-1. The molecule has 0 atom stereocenters. The van der Waals surface area contributed by atoms with Crippen molar-refractivity contribution in [3.05, 3.63) is 76.9 Å². The zero-order chi connectivity index (χ0) is 79.7. The molecule has 6 N–H and O–H groups in total. The number of nitro benzene ring substituents is 4. The molecule has 0 saturated heterocycles. The van der Waals surface area contributed by atoms with E-state index >= 15 is 0 Å². The Kier molecular flexibility index (Phi) is 79.0. The number of nitro groups is 4. The van der Waals surface area contributed by atoms with Gasteiger partial charge in [0.25, 0.3) is 53.1 Å². The summed E-state index contributed by atoms with van der Waals surface area (Å²) < 4.78 is 159.